The van der Waals surface area contributed by atoms with Gasteiger partial charge >= 0.3 is 0 Å². The number of carbonyl (C=O) groups is 1. The first-order valence-electron chi connectivity index (χ1n) is 12.1. The van der Waals surface area contributed by atoms with Crippen LogP contribution in [0.5, 0.6) is 11.5 Å². The zero-order valence-electron chi connectivity index (χ0n) is 20.9. The summed E-state index contributed by atoms with van der Waals surface area (Å²) in [4.78, 5) is 17.2. The predicted octanol–water partition coefficient (Wildman–Crippen LogP) is 5.25. The van der Waals surface area contributed by atoms with Crippen LogP contribution in [0, 0.1) is 13.8 Å². The van der Waals surface area contributed by atoms with Crippen molar-refractivity contribution in [2.24, 2.45) is 0 Å². The fraction of sp³-hybridized carbons (Fsp3) is 0.300. The predicted molar refractivity (Wildman–Crippen MR) is 141 cm³/mol. The molecule has 0 spiro atoms. The number of methoxy groups -OCH3 is 1. The van der Waals surface area contributed by atoms with Gasteiger partial charge in [-0.1, -0.05) is 48.0 Å². The van der Waals surface area contributed by atoms with E-state index in [1.165, 1.54) is 16.7 Å². The van der Waals surface area contributed by atoms with Crippen molar-refractivity contribution in [1.29, 1.82) is 0 Å². The van der Waals surface area contributed by atoms with Crippen LogP contribution in [0.2, 0.25) is 0 Å². The van der Waals surface area contributed by atoms with Gasteiger partial charge in [-0.15, -0.1) is 0 Å². The van der Waals surface area contributed by atoms with Gasteiger partial charge in [0.1, 0.15) is 18.1 Å². The highest BCUT2D eigenvalue weighted by molar-refractivity contribution is 5.91. The molecule has 1 aliphatic heterocycles. The molecule has 5 heteroatoms. The van der Waals surface area contributed by atoms with Gasteiger partial charge in [0, 0.05) is 44.4 Å². The number of carbonyl (C=O) groups excluding carboxylic acids is 1. The minimum absolute atomic E-state index is 0.0498. The minimum atomic E-state index is 0.0498. The molecule has 1 amide bonds. The summed E-state index contributed by atoms with van der Waals surface area (Å²) in [6, 6.07) is 22.4. The average Bonchev–Trinajstić information content (AvgIpc) is 2.89. The van der Waals surface area contributed by atoms with E-state index in [1.54, 1.807) is 13.2 Å². The number of amides is 1. The number of rotatable bonds is 8. The Hall–Kier alpha value is -3.57. The summed E-state index contributed by atoms with van der Waals surface area (Å²) >= 11 is 0. The number of piperazine rings is 1. The largest absolute Gasteiger partial charge is 0.496 e. The first-order valence-corrected chi connectivity index (χ1v) is 12.1. The molecule has 1 fully saturated rings. The third-order valence-corrected chi connectivity index (χ3v) is 6.48. The lowest BCUT2D eigenvalue weighted by atomic mass is 10.1. The first kappa shape index (κ1) is 24.6. The van der Waals surface area contributed by atoms with Crippen molar-refractivity contribution in [3.05, 3.63) is 101 Å². The van der Waals surface area contributed by atoms with E-state index in [-0.39, 0.29) is 5.91 Å². The van der Waals surface area contributed by atoms with E-state index in [0.717, 1.165) is 55.3 Å². The molecule has 3 aromatic rings. The molecule has 5 nitrogen and oxygen atoms in total. The third-order valence-electron chi connectivity index (χ3n) is 6.48. The Morgan fingerprint density at radius 3 is 2.37 bits per heavy atom. The van der Waals surface area contributed by atoms with E-state index in [4.69, 9.17) is 9.47 Å². The fourth-order valence-electron chi connectivity index (χ4n) is 4.24. The van der Waals surface area contributed by atoms with Crippen molar-refractivity contribution in [1.82, 2.24) is 9.80 Å². The second kappa shape index (κ2) is 11.7. The van der Waals surface area contributed by atoms with Crippen molar-refractivity contribution in [2.75, 3.05) is 33.3 Å². The van der Waals surface area contributed by atoms with Crippen molar-refractivity contribution in [3.8, 4) is 11.5 Å². The van der Waals surface area contributed by atoms with E-state index in [0.29, 0.717) is 6.61 Å². The molecule has 1 aliphatic rings. The van der Waals surface area contributed by atoms with Crippen LogP contribution >= 0.6 is 0 Å². The van der Waals surface area contributed by atoms with Crippen LogP contribution in [-0.2, 0) is 17.9 Å². The van der Waals surface area contributed by atoms with E-state index in [1.807, 2.05) is 53.4 Å². The molecule has 3 aromatic carbocycles. The van der Waals surface area contributed by atoms with Crippen LogP contribution in [-0.4, -0.2) is 49.0 Å². The molecule has 0 unspecified atom stereocenters. The smallest absolute Gasteiger partial charge is 0.246 e. The highest BCUT2D eigenvalue weighted by Gasteiger charge is 2.20. The standard InChI is InChI=1S/C30H34N2O3/c1-23-8-12-28(13-9-23)35-22-27-20-25(10-14-29(27)34-3)11-15-30(33)32-18-16-31(17-19-32)21-26-7-5-4-6-24(26)2/h4-15,20H,16-19,21-22H2,1-3H3/b15-11+. The number of nitrogens with zero attached hydrogens (tertiary/aromatic N) is 2. The van der Waals surface area contributed by atoms with Gasteiger partial charge < -0.3 is 14.4 Å². The maximum atomic E-state index is 12.8. The van der Waals surface area contributed by atoms with Crippen LogP contribution < -0.4 is 9.47 Å². The molecule has 0 N–H and O–H groups in total. The highest BCUT2D eigenvalue weighted by Crippen LogP contribution is 2.23. The molecule has 0 radical (unpaired) electrons. The Kier molecular flexibility index (Phi) is 8.22. The van der Waals surface area contributed by atoms with Crippen molar-refractivity contribution >= 4 is 12.0 Å². The van der Waals surface area contributed by atoms with Crippen LogP contribution in [0.4, 0.5) is 0 Å². The molecule has 4 rings (SSSR count). The van der Waals surface area contributed by atoms with Crippen LogP contribution in [0.3, 0.4) is 0 Å². The monoisotopic (exact) mass is 470 g/mol. The van der Waals surface area contributed by atoms with Gasteiger partial charge in [-0.25, -0.2) is 0 Å². The molecular weight excluding hydrogens is 436 g/mol. The first-order chi connectivity index (χ1) is 17.0. The van der Waals surface area contributed by atoms with Crippen molar-refractivity contribution < 1.29 is 14.3 Å². The molecule has 0 atom stereocenters. The van der Waals surface area contributed by atoms with Gasteiger partial charge in [-0.05, 0) is 60.9 Å². The summed E-state index contributed by atoms with van der Waals surface area (Å²) in [5, 5.41) is 0. The normalized spacial score (nSPS) is 14.3. The Morgan fingerprint density at radius 1 is 0.914 bits per heavy atom. The van der Waals surface area contributed by atoms with Gasteiger partial charge in [-0.3, -0.25) is 9.69 Å². The lowest BCUT2D eigenvalue weighted by Gasteiger charge is -2.34. The minimum Gasteiger partial charge on any atom is -0.496 e. The highest BCUT2D eigenvalue weighted by atomic mass is 16.5. The molecule has 0 bridgehead atoms. The number of ether oxygens (including phenoxy) is 2. The summed E-state index contributed by atoms with van der Waals surface area (Å²) in [5.41, 5.74) is 5.75. The number of hydrogen-bond acceptors (Lipinski definition) is 4. The summed E-state index contributed by atoms with van der Waals surface area (Å²) in [6.45, 7) is 8.79. The molecule has 0 aliphatic carbocycles. The zero-order chi connectivity index (χ0) is 24.6. The third kappa shape index (κ3) is 6.74. The van der Waals surface area contributed by atoms with Gasteiger partial charge in [0.2, 0.25) is 5.91 Å². The fourth-order valence-corrected chi connectivity index (χ4v) is 4.24. The van der Waals surface area contributed by atoms with E-state index in [2.05, 4.69) is 43.0 Å². The second-order valence-corrected chi connectivity index (χ2v) is 9.03. The maximum Gasteiger partial charge on any atom is 0.246 e. The van der Waals surface area contributed by atoms with Crippen molar-refractivity contribution in [3.63, 3.8) is 0 Å². The number of aryl methyl sites for hydroxylation is 2. The number of hydrogen-bond donors (Lipinski definition) is 0. The second-order valence-electron chi connectivity index (χ2n) is 9.03. The van der Waals surface area contributed by atoms with Crippen molar-refractivity contribution in [2.45, 2.75) is 27.0 Å². The van der Waals surface area contributed by atoms with Gasteiger partial charge in [0.05, 0.1) is 7.11 Å². The zero-order valence-corrected chi connectivity index (χ0v) is 20.9. The summed E-state index contributed by atoms with van der Waals surface area (Å²) < 4.78 is 11.4. The average molecular weight is 471 g/mol. The van der Waals surface area contributed by atoms with E-state index >= 15 is 0 Å². The summed E-state index contributed by atoms with van der Waals surface area (Å²) in [6.07, 6.45) is 3.54. The SMILES string of the molecule is COc1ccc(/C=C/C(=O)N2CCN(Cc3ccccc3C)CC2)cc1COc1ccc(C)cc1. The molecule has 182 valence electrons. The van der Waals surface area contributed by atoms with Gasteiger partial charge in [0.15, 0.2) is 0 Å². The molecule has 35 heavy (non-hydrogen) atoms. The number of benzene rings is 3. The molecule has 0 aromatic heterocycles. The molecular formula is C30H34N2O3. The maximum absolute atomic E-state index is 12.8. The van der Waals surface area contributed by atoms with Crippen LogP contribution in [0.25, 0.3) is 6.08 Å². The lowest BCUT2D eigenvalue weighted by molar-refractivity contribution is -0.127. The topological polar surface area (TPSA) is 42.0 Å². The van der Waals surface area contributed by atoms with E-state index in [9.17, 15) is 4.79 Å². The Labute approximate surface area is 208 Å². The summed E-state index contributed by atoms with van der Waals surface area (Å²) in [5.74, 6) is 1.63. The van der Waals surface area contributed by atoms with Gasteiger partial charge in [-0.2, -0.15) is 0 Å². The lowest BCUT2D eigenvalue weighted by Crippen LogP contribution is -2.47. The molecule has 1 saturated heterocycles. The van der Waals surface area contributed by atoms with Crippen LogP contribution in [0.15, 0.2) is 72.8 Å². The Bertz CT molecular complexity index is 1160. The Morgan fingerprint density at radius 2 is 1.66 bits per heavy atom. The Balaban J connectivity index is 1.32. The van der Waals surface area contributed by atoms with Crippen LogP contribution in [0.1, 0.15) is 27.8 Å². The molecule has 1 heterocycles. The quantitative estimate of drug-likeness (QED) is 0.422. The summed E-state index contributed by atoms with van der Waals surface area (Å²) in [7, 11) is 1.66. The molecule has 0 saturated carbocycles. The van der Waals surface area contributed by atoms with Gasteiger partial charge in [0.25, 0.3) is 0 Å². The van der Waals surface area contributed by atoms with E-state index < -0.39 is 0 Å².